The molecule has 18 heavy (non-hydrogen) atoms. The fourth-order valence-corrected chi connectivity index (χ4v) is 2.06. The third-order valence-corrected chi connectivity index (χ3v) is 3.43. The lowest BCUT2D eigenvalue weighted by Gasteiger charge is -2.39. The van der Waals surface area contributed by atoms with Gasteiger partial charge in [0, 0.05) is 20.0 Å². The summed E-state index contributed by atoms with van der Waals surface area (Å²) < 4.78 is 0. The predicted octanol–water partition coefficient (Wildman–Crippen LogP) is 3.71. The Labute approximate surface area is 111 Å². The van der Waals surface area contributed by atoms with Crippen LogP contribution in [0, 0.1) is 5.92 Å². The molecule has 1 aliphatic rings. The van der Waals surface area contributed by atoms with E-state index in [9.17, 15) is 4.79 Å². The van der Waals surface area contributed by atoms with Gasteiger partial charge in [0.2, 0.25) is 5.91 Å². The molecule has 0 aromatic heterocycles. The van der Waals surface area contributed by atoms with Gasteiger partial charge >= 0.3 is 0 Å². The first-order valence-corrected chi connectivity index (χ1v) is 6.81. The van der Waals surface area contributed by atoms with Crippen molar-refractivity contribution in [2.45, 2.75) is 40.0 Å². The van der Waals surface area contributed by atoms with Crippen LogP contribution in [0.25, 0.3) is 0 Å². The smallest absolute Gasteiger partial charge is 0.219 e. The average molecular weight is 247 g/mol. The zero-order valence-corrected chi connectivity index (χ0v) is 11.9. The van der Waals surface area contributed by atoms with E-state index >= 15 is 0 Å². The molecule has 1 rings (SSSR count). The van der Waals surface area contributed by atoms with Crippen LogP contribution in [0.4, 0.5) is 0 Å². The first kappa shape index (κ1) is 14.7. The monoisotopic (exact) mass is 247 g/mol. The second-order valence-electron chi connectivity index (χ2n) is 5.16. The summed E-state index contributed by atoms with van der Waals surface area (Å²) in [5, 5.41) is 0. The molecule has 0 radical (unpaired) electrons. The zero-order valence-electron chi connectivity index (χ0n) is 11.9. The van der Waals surface area contributed by atoms with Gasteiger partial charge in [-0.15, -0.1) is 0 Å². The molecule has 0 spiro atoms. The molecule has 0 aliphatic carbocycles. The Morgan fingerprint density at radius 2 is 2.06 bits per heavy atom. The van der Waals surface area contributed by atoms with Crippen LogP contribution in [0.2, 0.25) is 0 Å². The molecule has 1 amide bonds. The van der Waals surface area contributed by atoms with Crippen molar-refractivity contribution >= 4 is 5.91 Å². The maximum atomic E-state index is 11.1. The van der Waals surface area contributed by atoms with Crippen LogP contribution < -0.4 is 0 Å². The normalized spacial score (nSPS) is 17.1. The number of hydrogen-bond acceptors (Lipinski definition) is 1. The number of carbonyl (C=O) groups is 1. The molecule has 0 aromatic carbocycles. The summed E-state index contributed by atoms with van der Waals surface area (Å²) >= 11 is 0. The molecule has 0 aromatic rings. The summed E-state index contributed by atoms with van der Waals surface area (Å²) in [4.78, 5) is 13.0. The number of nitrogens with zero attached hydrogens (tertiary/aromatic N) is 1. The van der Waals surface area contributed by atoms with Gasteiger partial charge in [0.25, 0.3) is 0 Å². The molecule has 1 fully saturated rings. The number of unbranched alkanes of at least 4 members (excludes halogenated alkanes) is 1. The number of hydrogen-bond donors (Lipinski definition) is 0. The number of amides is 1. The van der Waals surface area contributed by atoms with Crippen LogP contribution in [-0.2, 0) is 4.79 Å². The molecule has 100 valence electrons. The summed E-state index contributed by atoms with van der Waals surface area (Å²) in [7, 11) is 0. The number of carbonyl (C=O) groups excluding carboxylic acids is 1. The van der Waals surface area contributed by atoms with Crippen LogP contribution >= 0.6 is 0 Å². The zero-order chi connectivity index (χ0) is 13.5. The third-order valence-electron chi connectivity index (χ3n) is 3.43. The van der Waals surface area contributed by atoms with Crippen molar-refractivity contribution < 1.29 is 4.79 Å². The fourth-order valence-electron chi connectivity index (χ4n) is 2.06. The van der Waals surface area contributed by atoms with Gasteiger partial charge < -0.3 is 4.90 Å². The van der Waals surface area contributed by atoms with Crippen LogP contribution in [0.3, 0.4) is 0 Å². The molecular formula is C16H25NO. The molecule has 0 unspecified atom stereocenters. The summed E-state index contributed by atoms with van der Waals surface area (Å²) in [6.07, 6.45) is 9.77. The maximum Gasteiger partial charge on any atom is 0.219 e. The van der Waals surface area contributed by atoms with Crippen molar-refractivity contribution in [3.8, 4) is 0 Å². The van der Waals surface area contributed by atoms with E-state index < -0.39 is 0 Å². The minimum absolute atomic E-state index is 0.187. The highest BCUT2D eigenvalue weighted by Crippen LogP contribution is 2.25. The largest absolute Gasteiger partial charge is 0.342 e. The van der Waals surface area contributed by atoms with E-state index in [0.717, 1.165) is 25.9 Å². The summed E-state index contributed by atoms with van der Waals surface area (Å²) in [6.45, 7) is 11.9. The minimum atomic E-state index is 0.187. The van der Waals surface area contributed by atoms with Crippen molar-refractivity contribution in [1.29, 1.82) is 0 Å². The van der Waals surface area contributed by atoms with Crippen LogP contribution in [0.5, 0.6) is 0 Å². The highest BCUT2D eigenvalue weighted by molar-refractivity contribution is 5.74. The molecule has 0 bridgehead atoms. The van der Waals surface area contributed by atoms with E-state index in [-0.39, 0.29) is 5.91 Å². The van der Waals surface area contributed by atoms with E-state index in [1.807, 2.05) is 4.90 Å². The summed E-state index contributed by atoms with van der Waals surface area (Å²) in [6, 6.07) is 0. The molecular weight excluding hydrogens is 222 g/mol. The Morgan fingerprint density at radius 1 is 1.39 bits per heavy atom. The van der Waals surface area contributed by atoms with Crippen molar-refractivity contribution in [3.05, 3.63) is 36.0 Å². The van der Waals surface area contributed by atoms with Crippen LogP contribution in [-0.4, -0.2) is 23.9 Å². The highest BCUT2D eigenvalue weighted by atomic mass is 16.2. The van der Waals surface area contributed by atoms with Gasteiger partial charge in [-0.3, -0.25) is 4.79 Å². The van der Waals surface area contributed by atoms with Crippen molar-refractivity contribution in [3.63, 3.8) is 0 Å². The number of likely N-dealkylation sites (tertiary alicyclic amines) is 1. The first-order chi connectivity index (χ1) is 8.54. The van der Waals surface area contributed by atoms with Crippen molar-refractivity contribution in [2.24, 2.45) is 5.92 Å². The van der Waals surface area contributed by atoms with Gasteiger partial charge in [-0.25, -0.2) is 0 Å². The lowest BCUT2D eigenvalue weighted by molar-refractivity contribution is -0.134. The summed E-state index contributed by atoms with van der Waals surface area (Å²) in [5.41, 5.74) is 2.45. The van der Waals surface area contributed by atoms with Gasteiger partial charge in [-0.1, -0.05) is 43.7 Å². The standard InChI is InChI=1S/C16H25NO/c1-5-6-7-8-9-13(2)14(3)10-16-11-17(12-16)15(4)18/h7-9,16H,3,5-6,10-12H2,1-2,4H3/b8-7-,13-9-. The SMILES string of the molecule is C=C(CC1CN(C(C)=O)C1)/C(C)=C\C=C/CCC. The average Bonchev–Trinajstić information content (AvgIpc) is 2.27. The molecule has 0 saturated carbocycles. The molecule has 2 heteroatoms. The van der Waals surface area contributed by atoms with Crippen molar-refractivity contribution in [2.75, 3.05) is 13.1 Å². The molecule has 0 atom stereocenters. The maximum absolute atomic E-state index is 11.1. The van der Waals surface area contributed by atoms with E-state index in [1.54, 1.807) is 6.92 Å². The van der Waals surface area contributed by atoms with Crippen molar-refractivity contribution in [1.82, 2.24) is 4.90 Å². The van der Waals surface area contributed by atoms with Crippen LogP contribution in [0.1, 0.15) is 40.0 Å². The topological polar surface area (TPSA) is 20.3 Å². The van der Waals surface area contributed by atoms with E-state index in [4.69, 9.17) is 0 Å². The van der Waals surface area contributed by atoms with E-state index in [2.05, 4.69) is 38.7 Å². The summed E-state index contributed by atoms with van der Waals surface area (Å²) in [5.74, 6) is 0.788. The quantitative estimate of drug-likeness (QED) is 0.655. The van der Waals surface area contributed by atoms with Gasteiger partial charge in [-0.05, 0) is 31.3 Å². The molecule has 2 nitrogen and oxygen atoms in total. The minimum Gasteiger partial charge on any atom is -0.342 e. The Balaban J connectivity index is 2.31. The number of allylic oxidation sites excluding steroid dienone is 5. The Bertz CT molecular complexity index is 359. The lowest BCUT2D eigenvalue weighted by Crippen LogP contribution is -2.49. The predicted molar refractivity (Wildman–Crippen MR) is 77.3 cm³/mol. The van der Waals surface area contributed by atoms with Crippen LogP contribution in [0.15, 0.2) is 36.0 Å². The van der Waals surface area contributed by atoms with E-state index in [1.165, 1.54) is 17.6 Å². The second-order valence-corrected chi connectivity index (χ2v) is 5.16. The van der Waals surface area contributed by atoms with Gasteiger partial charge in [0.1, 0.15) is 0 Å². The number of rotatable bonds is 6. The fraction of sp³-hybridized carbons (Fsp3) is 0.562. The highest BCUT2D eigenvalue weighted by Gasteiger charge is 2.28. The molecule has 0 N–H and O–H groups in total. The Hall–Kier alpha value is -1.31. The van der Waals surface area contributed by atoms with Gasteiger partial charge in [0.05, 0.1) is 0 Å². The van der Waals surface area contributed by atoms with Gasteiger partial charge in [0.15, 0.2) is 0 Å². The third kappa shape index (κ3) is 4.52. The van der Waals surface area contributed by atoms with Gasteiger partial charge in [-0.2, -0.15) is 0 Å². The molecule has 1 saturated heterocycles. The lowest BCUT2D eigenvalue weighted by atomic mass is 9.90. The Kier molecular flexibility index (Phi) is 5.90. The second kappa shape index (κ2) is 7.20. The molecule has 1 aliphatic heterocycles. The molecule has 1 heterocycles. The Morgan fingerprint density at radius 3 is 2.61 bits per heavy atom. The first-order valence-electron chi connectivity index (χ1n) is 6.81. The van der Waals surface area contributed by atoms with E-state index in [0.29, 0.717) is 5.92 Å².